The molecule has 26 heavy (non-hydrogen) atoms. The Labute approximate surface area is 158 Å². The van der Waals surface area contributed by atoms with Crippen molar-refractivity contribution in [2.24, 2.45) is 4.99 Å². The topological polar surface area (TPSA) is 79.8 Å². The predicted molar refractivity (Wildman–Crippen MR) is 108 cm³/mol. The third kappa shape index (κ3) is 6.96. The summed E-state index contributed by atoms with van der Waals surface area (Å²) in [4.78, 5) is 4.44. The molecule has 148 valence electrons. The van der Waals surface area contributed by atoms with Gasteiger partial charge in [0.25, 0.3) is 0 Å². The molecule has 0 saturated heterocycles. The summed E-state index contributed by atoms with van der Waals surface area (Å²) in [6, 6.07) is 7.13. The van der Waals surface area contributed by atoms with Crippen molar-refractivity contribution >= 4 is 15.8 Å². The van der Waals surface area contributed by atoms with Crippen molar-refractivity contribution in [1.29, 1.82) is 0 Å². The third-order valence-corrected chi connectivity index (χ3v) is 5.93. The Kier molecular flexibility index (Phi) is 7.65. The summed E-state index contributed by atoms with van der Waals surface area (Å²) in [6.07, 6.45) is 0. The Hall–Kier alpha value is -1.60. The van der Waals surface area contributed by atoms with E-state index >= 15 is 0 Å². The van der Waals surface area contributed by atoms with Gasteiger partial charge in [-0.05, 0) is 37.0 Å². The van der Waals surface area contributed by atoms with Crippen molar-refractivity contribution in [3.8, 4) is 0 Å². The van der Waals surface area contributed by atoms with E-state index in [1.54, 1.807) is 26.3 Å². The highest BCUT2D eigenvalue weighted by molar-refractivity contribution is 7.91. The van der Waals surface area contributed by atoms with Gasteiger partial charge in [-0.1, -0.05) is 32.9 Å². The number of hydrogen-bond acceptors (Lipinski definition) is 4. The van der Waals surface area contributed by atoms with Gasteiger partial charge in [-0.3, -0.25) is 4.99 Å². The van der Waals surface area contributed by atoms with E-state index in [9.17, 15) is 8.42 Å². The summed E-state index contributed by atoms with van der Waals surface area (Å²) < 4.78 is 30.4. The summed E-state index contributed by atoms with van der Waals surface area (Å²) in [5.41, 5.74) is 0.774. The van der Waals surface area contributed by atoms with Crippen LogP contribution in [0.2, 0.25) is 0 Å². The Bertz CT molecular complexity index is 703. The quantitative estimate of drug-likeness (QED) is 0.558. The fourth-order valence-electron chi connectivity index (χ4n) is 2.17. The Morgan fingerprint density at radius 1 is 1.08 bits per heavy atom. The number of nitrogens with one attached hydrogen (secondary N) is 2. The molecule has 0 fully saturated rings. The van der Waals surface area contributed by atoms with Gasteiger partial charge in [0.05, 0.1) is 16.2 Å². The summed E-state index contributed by atoms with van der Waals surface area (Å²) in [6.45, 7) is 11.1. The fourth-order valence-corrected chi connectivity index (χ4v) is 3.33. The number of ether oxygens (including phenoxy) is 1. The molecule has 0 aliphatic carbocycles. The van der Waals surface area contributed by atoms with Crippen LogP contribution in [0.25, 0.3) is 0 Å². The maximum atomic E-state index is 12.5. The largest absolute Gasteiger partial charge is 0.377 e. The van der Waals surface area contributed by atoms with Crippen molar-refractivity contribution < 1.29 is 13.2 Å². The number of nitrogens with zero attached hydrogens (tertiary/aromatic N) is 1. The smallest absolute Gasteiger partial charge is 0.191 e. The molecule has 0 heterocycles. The minimum Gasteiger partial charge on any atom is -0.377 e. The van der Waals surface area contributed by atoms with Crippen LogP contribution in [0, 0.1) is 0 Å². The molecule has 1 rings (SSSR count). The van der Waals surface area contributed by atoms with Gasteiger partial charge in [-0.15, -0.1) is 0 Å². The van der Waals surface area contributed by atoms with Crippen molar-refractivity contribution in [3.63, 3.8) is 0 Å². The molecule has 1 aromatic carbocycles. The highest BCUT2D eigenvalue weighted by atomic mass is 32.2. The van der Waals surface area contributed by atoms with Gasteiger partial charge in [-0.25, -0.2) is 8.42 Å². The van der Waals surface area contributed by atoms with E-state index in [-0.39, 0.29) is 23.3 Å². The maximum Gasteiger partial charge on any atom is 0.191 e. The lowest BCUT2D eigenvalue weighted by Crippen LogP contribution is -2.46. The van der Waals surface area contributed by atoms with Crippen LogP contribution in [-0.4, -0.2) is 53.0 Å². The molecule has 2 N–H and O–H groups in total. The van der Waals surface area contributed by atoms with E-state index in [4.69, 9.17) is 4.74 Å². The van der Waals surface area contributed by atoms with Gasteiger partial charge in [0.2, 0.25) is 0 Å². The van der Waals surface area contributed by atoms with E-state index in [2.05, 4.69) is 36.4 Å². The zero-order valence-corrected chi connectivity index (χ0v) is 17.8. The first-order valence-corrected chi connectivity index (χ1v) is 10.4. The minimum absolute atomic E-state index is 0.00200. The second kappa shape index (κ2) is 8.86. The first-order chi connectivity index (χ1) is 11.9. The molecule has 6 nitrogen and oxygen atoms in total. The van der Waals surface area contributed by atoms with Gasteiger partial charge in [0.1, 0.15) is 0 Å². The van der Waals surface area contributed by atoms with Crippen LogP contribution in [0.15, 0.2) is 34.2 Å². The van der Waals surface area contributed by atoms with E-state index < -0.39 is 9.84 Å². The molecule has 0 aromatic heterocycles. The fraction of sp³-hybridized carbons (Fsp3) is 0.632. The number of methoxy groups -OCH3 is 1. The first kappa shape index (κ1) is 22.4. The molecule has 0 radical (unpaired) electrons. The first-order valence-electron chi connectivity index (χ1n) is 8.74. The van der Waals surface area contributed by atoms with Gasteiger partial charge in [-0.2, -0.15) is 0 Å². The second-order valence-electron chi connectivity index (χ2n) is 7.91. The van der Waals surface area contributed by atoms with Crippen LogP contribution in [0.5, 0.6) is 0 Å². The SMILES string of the molecule is CN=C(NCCS(=O)(=O)c1ccc(C(C)(C)C)cc1)NCC(C)(C)OC. The Balaban J connectivity index is 2.62. The summed E-state index contributed by atoms with van der Waals surface area (Å²) in [5.74, 6) is 0.546. The lowest BCUT2D eigenvalue weighted by Gasteiger charge is -2.24. The molecular weight excluding hydrogens is 350 g/mol. The molecule has 0 aliphatic rings. The van der Waals surface area contributed by atoms with Crippen LogP contribution in [0.4, 0.5) is 0 Å². The minimum atomic E-state index is -3.34. The third-order valence-electron chi connectivity index (χ3n) is 4.20. The monoisotopic (exact) mass is 383 g/mol. The zero-order chi connectivity index (χ0) is 20.0. The zero-order valence-electron chi connectivity index (χ0n) is 17.0. The molecule has 0 saturated carbocycles. The molecule has 1 aromatic rings. The van der Waals surface area contributed by atoms with E-state index in [0.29, 0.717) is 17.4 Å². The van der Waals surface area contributed by atoms with Crippen molar-refractivity contribution in [3.05, 3.63) is 29.8 Å². The van der Waals surface area contributed by atoms with Crippen LogP contribution in [0.3, 0.4) is 0 Å². The van der Waals surface area contributed by atoms with Gasteiger partial charge >= 0.3 is 0 Å². The lowest BCUT2D eigenvalue weighted by molar-refractivity contribution is 0.0268. The summed E-state index contributed by atoms with van der Waals surface area (Å²) >= 11 is 0. The number of aliphatic imine (C=N–C) groups is 1. The van der Waals surface area contributed by atoms with Crippen LogP contribution >= 0.6 is 0 Å². The molecular formula is C19H33N3O3S. The predicted octanol–water partition coefficient (Wildman–Crippen LogP) is 2.35. The normalized spacial score (nSPS) is 13.6. The maximum absolute atomic E-state index is 12.5. The van der Waals surface area contributed by atoms with Crippen molar-refractivity contribution in [2.45, 2.75) is 50.5 Å². The van der Waals surface area contributed by atoms with Crippen LogP contribution < -0.4 is 10.6 Å². The molecule has 0 atom stereocenters. The molecule has 0 amide bonds. The van der Waals surface area contributed by atoms with E-state index in [1.807, 2.05) is 26.0 Å². The van der Waals surface area contributed by atoms with Crippen LogP contribution in [0.1, 0.15) is 40.2 Å². The van der Waals surface area contributed by atoms with Crippen molar-refractivity contribution in [1.82, 2.24) is 10.6 Å². The van der Waals surface area contributed by atoms with E-state index in [1.165, 1.54) is 0 Å². The van der Waals surface area contributed by atoms with Gasteiger partial charge < -0.3 is 15.4 Å². The van der Waals surface area contributed by atoms with E-state index in [0.717, 1.165) is 5.56 Å². The van der Waals surface area contributed by atoms with Gasteiger partial charge in [0, 0.05) is 27.2 Å². The molecule has 0 unspecified atom stereocenters. The standard InChI is InChI=1S/C19H33N3O3S/c1-18(2,3)15-8-10-16(11-9-15)26(23,24)13-12-21-17(20-6)22-14-19(4,5)25-7/h8-11H,12-14H2,1-7H3,(H2,20,21,22). The van der Waals surface area contributed by atoms with Crippen molar-refractivity contribution in [2.75, 3.05) is 33.0 Å². The number of rotatable bonds is 7. The second-order valence-corrected chi connectivity index (χ2v) is 10.0. The molecule has 7 heteroatoms. The highest BCUT2D eigenvalue weighted by Gasteiger charge is 2.19. The average molecular weight is 384 g/mol. The summed E-state index contributed by atoms with van der Waals surface area (Å²) in [7, 11) is -0.0485. The number of hydrogen-bond donors (Lipinski definition) is 2. The molecule has 0 aliphatic heterocycles. The summed E-state index contributed by atoms with van der Waals surface area (Å²) in [5, 5.41) is 6.16. The highest BCUT2D eigenvalue weighted by Crippen LogP contribution is 2.23. The number of guanidine groups is 1. The number of benzene rings is 1. The molecule has 0 spiro atoms. The molecule has 0 bridgehead atoms. The average Bonchev–Trinajstić information content (AvgIpc) is 2.57. The van der Waals surface area contributed by atoms with Crippen LogP contribution in [-0.2, 0) is 20.0 Å². The lowest BCUT2D eigenvalue weighted by atomic mass is 9.87. The Morgan fingerprint density at radius 3 is 2.12 bits per heavy atom. The Morgan fingerprint density at radius 2 is 1.65 bits per heavy atom. The number of sulfone groups is 1. The van der Waals surface area contributed by atoms with Gasteiger partial charge in [0.15, 0.2) is 15.8 Å².